The first-order valence-corrected chi connectivity index (χ1v) is 11.8. The van der Waals surface area contributed by atoms with Crippen LogP contribution in [-0.2, 0) is 16.1 Å². The van der Waals surface area contributed by atoms with Crippen molar-refractivity contribution in [3.05, 3.63) is 88.0 Å². The highest BCUT2D eigenvalue weighted by atomic mass is 16.7. The van der Waals surface area contributed by atoms with Crippen molar-refractivity contribution in [2.75, 3.05) is 21.0 Å². The van der Waals surface area contributed by atoms with Gasteiger partial charge in [-0.15, -0.1) is 0 Å². The number of benzene rings is 3. The molecule has 1 amide bonds. The number of aryl methyl sites for hydroxylation is 2. The van der Waals surface area contributed by atoms with Gasteiger partial charge >= 0.3 is 0 Å². The van der Waals surface area contributed by atoms with Crippen molar-refractivity contribution in [2.24, 2.45) is 0 Å². The lowest BCUT2D eigenvalue weighted by Gasteiger charge is -2.26. The number of hydrogen-bond donors (Lipinski definition) is 1. The molecule has 2 aliphatic heterocycles. The Morgan fingerprint density at radius 3 is 2.54 bits per heavy atom. The summed E-state index contributed by atoms with van der Waals surface area (Å²) in [7, 11) is 3.05. The number of carbonyl (C=O) groups excluding carboxylic acids is 2. The SMILES string of the molecule is COc1cccc(C2/C(=C(\O)c3cc(C)cc(C)c3OC)C(=O)C(=O)N2Cc2ccc3c(c2)OCO3)c1. The van der Waals surface area contributed by atoms with Crippen LogP contribution in [0.15, 0.2) is 60.2 Å². The number of ketones is 1. The van der Waals surface area contributed by atoms with Crippen molar-refractivity contribution < 1.29 is 33.6 Å². The lowest BCUT2D eigenvalue weighted by atomic mass is 9.93. The Labute approximate surface area is 214 Å². The van der Waals surface area contributed by atoms with Crippen LogP contribution in [-0.4, -0.2) is 42.7 Å². The van der Waals surface area contributed by atoms with Gasteiger partial charge in [0.15, 0.2) is 11.5 Å². The molecule has 3 aromatic rings. The molecule has 3 aromatic carbocycles. The maximum absolute atomic E-state index is 13.5. The van der Waals surface area contributed by atoms with Crippen molar-refractivity contribution in [1.29, 1.82) is 0 Å². The second kappa shape index (κ2) is 9.54. The minimum Gasteiger partial charge on any atom is -0.507 e. The fourth-order valence-corrected chi connectivity index (χ4v) is 4.98. The quantitative estimate of drug-likeness (QED) is 0.298. The van der Waals surface area contributed by atoms with Gasteiger partial charge in [0.25, 0.3) is 11.7 Å². The predicted molar refractivity (Wildman–Crippen MR) is 136 cm³/mol. The van der Waals surface area contributed by atoms with E-state index < -0.39 is 17.7 Å². The second-order valence-electron chi connectivity index (χ2n) is 9.05. The molecule has 190 valence electrons. The van der Waals surface area contributed by atoms with Crippen LogP contribution in [0.2, 0.25) is 0 Å². The average Bonchev–Trinajstić information content (AvgIpc) is 3.46. The average molecular weight is 502 g/mol. The molecule has 1 saturated heterocycles. The summed E-state index contributed by atoms with van der Waals surface area (Å²) in [4.78, 5) is 28.4. The Morgan fingerprint density at radius 1 is 1.00 bits per heavy atom. The number of amides is 1. The lowest BCUT2D eigenvalue weighted by molar-refractivity contribution is -0.140. The highest BCUT2D eigenvalue weighted by molar-refractivity contribution is 6.46. The second-order valence-corrected chi connectivity index (χ2v) is 9.05. The number of fused-ring (bicyclic) bond motifs is 1. The number of aliphatic hydroxyl groups excluding tert-OH is 1. The number of rotatable bonds is 6. The summed E-state index contributed by atoms with van der Waals surface area (Å²) in [5.41, 5.74) is 3.41. The van der Waals surface area contributed by atoms with E-state index in [-0.39, 0.29) is 24.7 Å². The fourth-order valence-electron chi connectivity index (χ4n) is 4.98. The normalized spacial score (nSPS) is 17.8. The third-order valence-corrected chi connectivity index (χ3v) is 6.62. The van der Waals surface area contributed by atoms with Gasteiger partial charge in [-0.05, 0) is 66.4 Å². The molecule has 5 rings (SSSR count). The van der Waals surface area contributed by atoms with Crippen molar-refractivity contribution in [1.82, 2.24) is 4.90 Å². The van der Waals surface area contributed by atoms with E-state index in [9.17, 15) is 14.7 Å². The number of methoxy groups -OCH3 is 2. The summed E-state index contributed by atoms with van der Waals surface area (Å²) in [6, 6.07) is 15.3. The van der Waals surface area contributed by atoms with E-state index in [1.807, 2.05) is 26.0 Å². The number of aliphatic hydroxyl groups is 1. The molecule has 1 atom stereocenters. The highest BCUT2D eigenvalue weighted by Gasteiger charge is 2.46. The molecular weight excluding hydrogens is 474 g/mol. The van der Waals surface area contributed by atoms with E-state index in [0.717, 1.165) is 16.7 Å². The smallest absolute Gasteiger partial charge is 0.295 e. The zero-order valence-electron chi connectivity index (χ0n) is 21.0. The number of Topliss-reactive ketones (excluding diaryl/α,β-unsaturated/α-hetero) is 1. The molecule has 37 heavy (non-hydrogen) atoms. The molecule has 1 unspecified atom stereocenters. The zero-order valence-corrected chi connectivity index (χ0v) is 21.0. The van der Waals surface area contributed by atoms with Crippen molar-refractivity contribution in [3.63, 3.8) is 0 Å². The van der Waals surface area contributed by atoms with Crippen LogP contribution in [0.25, 0.3) is 5.76 Å². The van der Waals surface area contributed by atoms with Gasteiger partial charge < -0.3 is 29.0 Å². The summed E-state index contributed by atoms with van der Waals surface area (Å²) >= 11 is 0. The molecule has 0 radical (unpaired) electrons. The zero-order chi connectivity index (χ0) is 26.3. The summed E-state index contributed by atoms with van der Waals surface area (Å²) in [6.45, 7) is 4.00. The molecule has 0 saturated carbocycles. The van der Waals surface area contributed by atoms with Gasteiger partial charge in [-0.1, -0.05) is 24.3 Å². The molecule has 8 heteroatoms. The van der Waals surface area contributed by atoms with Gasteiger partial charge in [0, 0.05) is 6.54 Å². The Bertz CT molecular complexity index is 1440. The molecule has 0 bridgehead atoms. The minimum atomic E-state index is -0.856. The van der Waals surface area contributed by atoms with Gasteiger partial charge in [-0.3, -0.25) is 9.59 Å². The summed E-state index contributed by atoms with van der Waals surface area (Å²) in [5.74, 6) is 0.430. The molecule has 1 fully saturated rings. The Morgan fingerprint density at radius 2 is 1.78 bits per heavy atom. The molecule has 2 heterocycles. The maximum atomic E-state index is 13.5. The van der Waals surface area contributed by atoms with Crippen molar-refractivity contribution in [2.45, 2.75) is 26.4 Å². The van der Waals surface area contributed by atoms with E-state index in [0.29, 0.717) is 34.1 Å². The summed E-state index contributed by atoms with van der Waals surface area (Å²) in [6.07, 6.45) is 0. The van der Waals surface area contributed by atoms with E-state index in [1.54, 1.807) is 49.6 Å². The van der Waals surface area contributed by atoms with Crippen LogP contribution >= 0.6 is 0 Å². The van der Waals surface area contributed by atoms with Crippen molar-refractivity contribution in [3.8, 4) is 23.0 Å². The number of nitrogens with zero attached hydrogens (tertiary/aromatic N) is 1. The van der Waals surface area contributed by atoms with E-state index in [2.05, 4.69) is 0 Å². The predicted octanol–water partition coefficient (Wildman–Crippen LogP) is 4.67. The Kier molecular flexibility index (Phi) is 6.25. The van der Waals surface area contributed by atoms with Gasteiger partial charge in [-0.2, -0.15) is 0 Å². The maximum Gasteiger partial charge on any atom is 0.295 e. The number of likely N-dealkylation sites (tertiary alicyclic amines) is 1. The largest absolute Gasteiger partial charge is 0.507 e. The van der Waals surface area contributed by atoms with Gasteiger partial charge in [-0.25, -0.2) is 0 Å². The number of carbonyl (C=O) groups is 2. The van der Waals surface area contributed by atoms with E-state index in [4.69, 9.17) is 18.9 Å². The first-order chi connectivity index (χ1) is 17.8. The monoisotopic (exact) mass is 501 g/mol. The number of ether oxygens (including phenoxy) is 4. The van der Waals surface area contributed by atoms with Gasteiger partial charge in [0.1, 0.15) is 17.3 Å². The first-order valence-electron chi connectivity index (χ1n) is 11.8. The molecule has 1 N–H and O–H groups in total. The topological polar surface area (TPSA) is 94.5 Å². The first kappa shape index (κ1) is 24.2. The molecule has 2 aliphatic rings. The van der Waals surface area contributed by atoms with Crippen LogP contribution in [0.3, 0.4) is 0 Å². The fraction of sp³-hybridized carbons (Fsp3) is 0.241. The summed E-state index contributed by atoms with van der Waals surface area (Å²) in [5, 5.41) is 11.6. The van der Waals surface area contributed by atoms with Crippen LogP contribution in [0.4, 0.5) is 0 Å². The molecule has 8 nitrogen and oxygen atoms in total. The standard InChI is InChI=1S/C29H27NO7/c1-16-10-17(2)28(35-4)21(11-16)26(31)24-25(19-6-5-7-20(13-19)34-3)30(29(33)27(24)32)14-18-8-9-22-23(12-18)37-15-36-22/h5-13,25,31H,14-15H2,1-4H3/b26-24+. The molecule has 0 spiro atoms. The summed E-state index contributed by atoms with van der Waals surface area (Å²) < 4.78 is 21.8. The van der Waals surface area contributed by atoms with Gasteiger partial charge in [0.2, 0.25) is 6.79 Å². The Hall–Kier alpha value is -4.46. The van der Waals surface area contributed by atoms with Crippen LogP contribution < -0.4 is 18.9 Å². The lowest BCUT2D eigenvalue weighted by Crippen LogP contribution is -2.29. The molecule has 0 aromatic heterocycles. The van der Waals surface area contributed by atoms with E-state index >= 15 is 0 Å². The van der Waals surface area contributed by atoms with Crippen molar-refractivity contribution >= 4 is 17.4 Å². The number of hydrogen-bond acceptors (Lipinski definition) is 7. The third-order valence-electron chi connectivity index (χ3n) is 6.62. The molecule has 0 aliphatic carbocycles. The third kappa shape index (κ3) is 4.24. The van der Waals surface area contributed by atoms with E-state index in [1.165, 1.54) is 12.0 Å². The van der Waals surface area contributed by atoms with Crippen LogP contribution in [0.1, 0.15) is 33.9 Å². The van der Waals surface area contributed by atoms with Crippen LogP contribution in [0.5, 0.6) is 23.0 Å². The Balaban J connectivity index is 1.68. The highest BCUT2D eigenvalue weighted by Crippen LogP contribution is 2.43. The van der Waals surface area contributed by atoms with Crippen LogP contribution in [0, 0.1) is 13.8 Å². The van der Waals surface area contributed by atoms with Gasteiger partial charge in [0.05, 0.1) is 31.4 Å². The molecular formula is C29H27NO7. The minimum absolute atomic E-state index is 0.0118.